The number of carbonyl (C=O) groups is 2. The van der Waals surface area contributed by atoms with Crippen molar-refractivity contribution in [2.45, 2.75) is 39.2 Å². The molecule has 1 saturated heterocycles. The summed E-state index contributed by atoms with van der Waals surface area (Å²) in [7, 11) is 3.19. The molecule has 1 fully saturated rings. The normalized spacial score (nSPS) is 16.6. The number of aliphatic hydroxyl groups is 1. The van der Waals surface area contributed by atoms with Crippen LogP contribution in [-0.2, 0) is 16.0 Å². The first-order valence-corrected chi connectivity index (χ1v) is 13.1. The van der Waals surface area contributed by atoms with Crippen LogP contribution in [0.1, 0.15) is 55.0 Å². The van der Waals surface area contributed by atoms with E-state index in [1.807, 2.05) is 63.2 Å². The number of hydrogen-bond acceptors (Lipinski definition) is 6. The maximum Gasteiger partial charge on any atom is 0.295 e. The summed E-state index contributed by atoms with van der Waals surface area (Å²) < 4.78 is 16.3. The molecule has 0 bridgehead atoms. The molecule has 0 aliphatic carbocycles. The molecular formula is C32H35NO6. The van der Waals surface area contributed by atoms with Gasteiger partial charge in [-0.05, 0) is 78.4 Å². The molecule has 3 aromatic carbocycles. The van der Waals surface area contributed by atoms with Crippen LogP contribution >= 0.6 is 0 Å². The van der Waals surface area contributed by atoms with E-state index in [-0.39, 0.29) is 17.3 Å². The molecular weight excluding hydrogens is 494 g/mol. The average Bonchev–Trinajstić information content (AvgIpc) is 3.21. The van der Waals surface area contributed by atoms with Crippen LogP contribution in [0.4, 0.5) is 0 Å². The van der Waals surface area contributed by atoms with Gasteiger partial charge in [0.05, 0.1) is 32.4 Å². The molecule has 39 heavy (non-hydrogen) atoms. The standard InChI is InChI=1S/C32H35NO6/c1-6-39-27-16-11-23(19-26(27)20(2)3)30(34)28-29(22-9-14-25(38-5)15-10-22)33(32(36)31(28)35)18-17-21-7-12-24(37-4)13-8-21/h7-16,19-20,29,34H,6,17-18H2,1-5H3/b30-28-. The number of ether oxygens (including phenoxy) is 3. The van der Waals surface area contributed by atoms with Crippen molar-refractivity contribution in [1.82, 2.24) is 4.90 Å². The molecule has 7 heteroatoms. The zero-order valence-corrected chi connectivity index (χ0v) is 23.1. The van der Waals surface area contributed by atoms with Crippen molar-refractivity contribution in [3.63, 3.8) is 0 Å². The lowest BCUT2D eigenvalue weighted by molar-refractivity contribution is -0.139. The van der Waals surface area contributed by atoms with Crippen LogP contribution in [0.5, 0.6) is 17.2 Å². The van der Waals surface area contributed by atoms with Crippen molar-refractivity contribution in [3.05, 3.63) is 94.6 Å². The summed E-state index contributed by atoms with van der Waals surface area (Å²) in [6.45, 7) is 6.81. The maximum atomic E-state index is 13.4. The quantitative estimate of drug-likeness (QED) is 0.200. The van der Waals surface area contributed by atoms with Crippen LogP contribution in [0.3, 0.4) is 0 Å². The number of rotatable bonds is 10. The Bertz CT molecular complexity index is 1360. The molecule has 7 nitrogen and oxygen atoms in total. The molecule has 0 spiro atoms. The highest BCUT2D eigenvalue weighted by Crippen LogP contribution is 2.41. The minimum Gasteiger partial charge on any atom is -0.507 e. The Labute approximate surface area is 229 Å². The predicted octanol–water partition coefficient (Wildman–Crippen LogP) is 5.89. The highest BCUT2D eigenvalue weighted by Gasteiger charge is 2.45. The number of nitrogens with zero attached hydrogens (tertiary/aromatic N) is 1. The Morgan fingerprint density at radius 1 is 0.923 bits per heavy atom. The number of aliphatic hydroxyl groups excluding tert-OH is 1. The third kappa shape index (κ3) is 5.77. The molecule has 1 aliphatic rings. The summed E-state index contributed by atoms with van der Waals surface area (Å²) in [5, 5.41) is 11.5. The minimum absolute atomic E-state index is 0.0683. The Kier molecular flexibility index (Phi) is 8.59. The Morgan fingerprint density at radius 3 is 2.10 bits per heavy atom. The zero-order chi connectivity index (χ0) is 28.1. The fourth-order valence-corrected chi connectivity index (χ4v) is 4.87. The first-order chi connectivity index (χ1) is 18.8. The lowest BCUT2D eigenvalue weighted by Crippen LogP contribution is -2.31. The highest BCUT2D eigenvalue weighted by atomic mass is 16.5. The Hall–Kier alpha value is -4.26. The lowest BCUT2D eigenvalue weighted by atomic mass is 9.93. The van der Waals surface area contributed by atoms with Gasteiger partial charge >= 0.3 is 0 Å². The van der Waals surface area contributed by atoms with Gasteiger partial charge in [-0.3, -0.25) is 9.59 Å². The Morgan fingerprint density at radius 2 is 1.54 bits per heavy atom. The summed E-state index contributed by atoms with van der Waals surface area (Å²) >= 11 is 0. The molecule has 204 valence electrons. The van der Waals surface area contributed by atoms with Gasteiger partial charge in [0.15, 0.2) is 0 Å². The number of benzene rings is 3. The van der Waals surface area contributed by atoms with E-state index in [1.165, 1.54) is 4.90 Å². The van der Waals surface area contributed by atoms with Crippen molar-refractivity contribution in [3.8, 4) is 17.2 Å². The molecule has 1 unspecified atom stereocenters. The number of hydrogen-bond donors (Lipinski definition) is 1. The second-order valence-electron chi connectivity index (χ2n) is 9.70. The molecule has 0 saturated carbocycles. The molecule has 1 amide bonds. The van der Waals surface area contributed by atoms with Crippen molar-refractivity contribution < 1.29 is 28.9 Å². The third-order valence-electron chi connectivity index (χ3n) is 6.98. The number of carbonyl (C=O) groups excluding carboxylic acids is 2. The first kappa shape index (κ1) is 27.8. The second kappa shape index (κ2) is 12.1. The van der Waals surface area contributed by atoms with Gasteiger partial charge in [-0.15, -0.1) is 0 Å². The van der Waals surface area contributed by atoms with Crippen LogP contribution in [0.25, 0.3) is 5.76 Å². The van der Waals surface area contributed by atoms with Gasteiger partial charge in [0, 0.05) is 12.1 Å². The summed E-state index contributed by atoms with van der Waals surface area (Å²) in [6, 6.07) is 19.4. The molecule has 3 aromatic rings. The van der Waals surface area contributed by atoms with E-state index in [1.54, 1.807) is 38.5 Å². The van der Waals surface area contributed by atoms with E-state index in [4.69, 9.17) is 14.2 Å². The van der Waals surface area contributed by atoms with Gasteiger partial charge in [0.25, 0.3) is 11.7 Å². The van der Waals surface area contributed by atoms with Crippen molar-refractivity contribution >= 4 is 17.4 Å². The van der Waals surface area contributed by atoms with E-state index < -0.39 is 17.7 Å². The fraction of sp³-hybridized carbons (Fsp3) is 0.312. The van der Waals surface area contributed by atoms with Crippen LogP contribution in [0.15, 0.2) is 72.3 Å². The van der Waals surface area contributed by atoms with Gasteiger partial charge in [-0.2, -0.15) is 0 Å². The van der Waals surface area contributed by atoms with Crippen molar-refractivity contribution in [1.29, 1.82) is 0 Å². The van der Waals surface area contributed by atoms with E-state index in [2.05, 4.69) is 0 Å². The summed E-state index contributed by atoms with van der Waals surface area (Å²) in [6.07, 6.45) is 0.532. The average molecular weight is 530 g/mol. The summed E-state index contributed by atoms with van der Waals surface area (Å²) in [4.78, 5) is 28.3. The molecule has 4 rings (SSSR count). The highest BCUT2D eigenvalue weighted by molar-refractivity contribution is 6.46. The van der Waals surface area contributed by atoms with Crippen molar-refractivity contribution in [2.75, 3.05) is 27.4 Å². The smallest absolute Gasteiger partial charge is 0.295 e. The van der Waals surface area contributed by atoms with E-state index >= 15 is 0 Å². The number of Topliss-reactive ketones (excluding diaryl/α,β-unsaturated/α-hetero) is 1. The van der Waals surface area contributed by atoms with Crippen molar-refractivity contribution in [2.24, 2.45) is 0 Å². The lowest BCUT2D eigenvalue weighted by Gasteiger charge is -2.25. The number of amides is 1. The second-order valence-corrected chi connectivity index (χ2v) is 9.70. The number of ketones is 1. The number of likely N-dealkylation sites (tertiary alicyclic amines) is 1. The molecule has 1 heterocycles. The predicted molar refractivity (Wildman–Crippen MR) is 150 cm³/mol. The zero-order valence-electron chi connectivity index (χ0n) is 23.1. The molecule has 0 radical (unpaired) electrons. The van der Waals surface area contributed by atoms with Crippen LogP contribution < -0.4 is 14.2 Å². The van der Waals surface area contributed by atoms with Crippen LogP contribution in [0.2, 0.25) is 0 Å². The fourth-order valence-electron chi connectivity index (χ4n) is 4.87. The topological polar surface area (TPSA) is 85.3 Å². The van der Waals surface area contributed by atoms with Gasteiger partial charge in [0.1, 0.15) is 23.0 Å². The van der Waals surface area contributed by atoms with Crippen LogP contribution in [-0.4, -0.2) is 49.1 Å². The van der Waals surface area contributed by atoms with Gasteiger partial charge in [-0.25, -0.2) is 0 Å². The molecule has 0 aromatic heterocycles. The first-order valence-electron chi connectivity index (χ1n) is 13.1. The monoisotopic (exact) mass is 529 g/mol. The summed E-state index contributed by atoms with van der Waals surface area (Å²) in [5.74, 6) is 0.713. The Balaban J connectivity index is 1.78. The van der Waals surface area contributed by atoms with Gasteiger partial charge in [-0.1, -0.05) is 38.1 Å². The van der Waals surface area contributed by atoms with Gasteiger partial charge < -0.3 is 24.2 Å². The van der Waals surface area contributed by atoms with E-state index in [9.17, 15) is 14.7 Å². The van der Waals surface area contributed by atoms with E-state index in [0.717, 1.165) is 22.6 Å². The van der Waals surface area contributed by atoms with E-state index in [0.29, 0.717) is 36.4 Å². The largest absolute Gasteiger partial charge is 0.507 e. The van der Waals surface area contributed by atoms with Crippen LogP contribution in [0, 0.1) is 0 Å². The molecule has 1 atom stereocenters. The molecule has 1 aliphatic heterocycles. The third-order valence-corrected chi connectivity index (χ3v) is 6.98. The maximum absolute atomic E-state index is 13.4. The molecule has 1 N–H and O–H groups in total. The minimum atomic E-state index is -0.747. The summed E-state index contributed by atoms with van der Waals surface area (Å²) in [5.41, 5.74) is 3.16. The number of methoxy groups -OCH3 is 2. The SMILES string of the molecule is CCOc1ccc(/C(O)=C2/C(=O)C(=O)N(CCc3ccc(OC)cc3)C2c2ccc(OC)cc2)cc1C(C)C. The van der Waals surface area contributed by atoms with Gasteiger partial charge in [0.2, 0.25) is 0 Å².